The van der Waals surface area contributed by atoms with E-state index >= 15 is 0 Å². The van der Waals surface area contributed by atoms with Gasteiger partial charge in [0.15, 0.2) is 0 Å². The van der Waals surface area contributed by atoms with Gasteiger partial charge in [-0.3, -0.25) is 9.59 Å². The molecule has 2 aromatic carbocycles. The molecule has 6 heteroatoms. The Morgan fingerprint density at radius 1 is 1.03 bits per heavy atom. The second-order valence-electron chi connectivity index (χ2n) is 10.3. The lowest BCUT2D eigenvalue weighted by Crippen LogP contribution is -2.39. The van der Waals surface area contributed by atoms with Crippen LogP contribution < -0.4 is 4.90 Å². The van der Waals surface area contributed by atoms with Crippen molar-refractivity contribution in [1.82, 2.24) is 14.5 Å². The number of para-hydroxylation sites is 3. The van der Waals surface area contributed by atoms with Crippen LogP contribution >= 0.6 is 0 Å². The SMILES string of the molecule is Cc1ccccc1N1C[C@@H](c2nc3ccccc3n2CC(=O)N(CC(C)C)CC(C)C)CC1=O. The maximum atomic E-state index is 13.5. The predicted molar refractivity (Wildman–Crippen MR) is 137 cm³/mol. The largest absolute Gasteiger partial charge is 0.341 e. The molecule has 1 atom stereocenters. The average Bonchev–Trinajstić information content (AvgIpc) is 3.33. The van der Waals surface area contributed by atoms with E-state index in [9.17, 15) is 9.59 Å². The van der Waals surface area contributed by atoms with E-state index in [1.807, 2.05) is 69.8 Å². The summed E-state index contributed by atoms with van der Waals surface area (Å²) >= 11 is 0. The van der Waals surface area contributed by atoms with E-state index in [2.05, 4.69) is 27.7 Å². The van der Waals surface area contributed by atoms with E-state index < -0.39 is 0 Å². The summed E-state index contributed by atoms with van der Waals surface area (Å²) in [4.78, 5) is 35.3. The first-order chi connectivity index (χ1) is 16.2. The first kappa shape index (κ1) is 24.0. The summed E-state index contributed by atoms with van der Waals surface area (Å²) in [6.45, 7) is 12.9. The third-order valence-corrected chi connectivity index (χ3v) is 6.40. The normalized spacial score (nSPS) is 16.3. The van der Waals surface area contributed by atoms with E-state index in [4.69, 9.17) is 4.98 Å². The number of aromatic nitrogens is 2. The summed E-state index contributed by atoms with van der Waals surface area (Å²) in [5.74, 6) is 1.77. The van der Waals surface area contributed by atoms with Gasteiger partial charge in [0.25, 0.3) is 0 Å². The van der Waals surface area contributed by atoms with Crippen molar-refractivity contribution < 1.29 is 9.59 Å². The Morgan fingerprint density at radius 3 is 2.35 bits per heavy atom. The first-order valence-corrected chi connectivity index (χ1v) is 12.3. The van der Waals surface area contributed by atoms with Gasteiger partial charge < -0.3 is 14.4 Å². The number of imidazole rings is 1. The van der Waals surface area contributed by atoms with Crippen molar-refractivity contribution in [3.05, 3.63) is 59.9 Å². The molecule has 0 spiro atoms. The zero-order valence-electron chi connectivity index (χ0n) is 21.0. The Kier molecular flexibility index (Phi) is 7.05. The Balaban J connectivity index is 1.66. The minimum Gasteiger partial charge on any atom is -0.341 e. The zero-order chi connectivity index (χ0) is 24.4. The number of anilines is 1. The van der Waals surface area contributed by atoms with E-state index in [-0.39, 0.29) is 24.3 Å². The van der Waals surface area contributed by atoms with Crippen molar-refractivity contribution in [1.29, 1.82) is 0 Å². The van der Waals surface area contributed by atoms with Gasteiger partial charge in [-0.05, 0) is 42.5 Å². The number of aryl methyl sites for hydroxylation is 1. The molecule has 1 aliphatic heterocycles. The smallest absolute Gasteiger partial charge is 0.242 e. The molecule has 1 fully saturated rings. The van der Waals surface area contributed by atoms with E-state index in [0.717, 1.165) is 41.2 Å². The quantitative estimate of drug-likeness (QED) is 0.475. The maximum absolute atomic E-state index is 13.5. The van der Waals surface area contributed by atoms with Crippen LogP contribution in [0, 0.1) is 18.8 Å². The van der Waals surface area contributed by atoms with Crippen molar-refractivity contribution in [2.45, 2.75) is 53.5 Å². The van der Waals surface area contributed by atoms with Crippen molar-refractivity contribution in [2.75, 3.05) is 24.5 Å². The number of benzene rings is 2. The highest BCUT2D eigenvalue weighted by Crippen LogP contribution is 2.34. The Labute approximate surface area is 202 Å². The summed E-state index contributed by atoms with van der Waals surface area (Å²) in [7, 11) is 0. The third kappa shape index (κ3) is 5.01. The molecule has 1 aliphatic rings. The van der Waals surface area contributed by atoms with Crippen molar-refractivity contribution >= 4 is 28.5 Å². The van der Waals surface area contributed by atoms with Gasteiger partial charge >= 0.3 is 0 Å². The monoisotopic (exact) mass is 460 g/mol. The van der Waals surface area contributed by atoms with Gasteiger partial charge in [0.2, 0.25) is 11.8 Å². The van der Waals surface area contributed by atoms with E-state index in [1.165, 1.54) is 0 Å². The number of carbonyl (C=O) groups excluding carboxylic acids is 2. The fourth-order valence-corrected chi connectivity index (χ4v) is 4.95. The van der Waals surface area contributed by atoms with Crippen LogP contribution in [0.3, 0.4) is 0 Å². The summed E-state index contributed by atoms with van der Waals surface area (Å²) in [6.07, 6.45) is 0.396. The molecule has 0 bridgehead atoms. The Morgan fingerprint density at radius 2 is 1.68 bits per heavy atom. The standard InChI is InChI=1S/C28H36N4O2/c1-19(2)15-30(16-20(3)4)27(34)18-32-25-13-9-7-11-23(25)29-28(32)22-14-26(33)31(17-22)24-12-8-6-10-21(24)5/h6-13,19-20,22H,14-18H2,1-5H3/t22-/m0/s1. The lowest BCUT2D eigenvalue weighted by atomic mass is 10.1. The third-order valence-electron chi connectivity index (χ3n) is 6.40. The van der Waals surface area contributed by atoms with Crippen molar-refractivity contribution in [2.24, 2.45) is 11.8 Å². The molecule has 2 heterocycles. The second kappa shape index (κ2) is 10.00. The van der Waals surface area contributed by atoms with Crippen LogP contribution in [0.4, 0.5) is 5.69 Å². The minimum atomic E-state index is -0.0593. The fourth-order valence-electron chi connectivity index (χ4n) is 4.95. The van der Waals surface area contributed by atoms with Gasteiger partial charge in [0.1, 0.15) is 12.4 Å². The molecule has 0 unspecified atom stereocenters. The van der Waals surface area contributed by atoms with Gasteiger partial charge in [0, 0.05) is 37.7 Å². The summed E-state index contributed by atoms with van der Waals surface area (Å²) in [5.41, 5.74) is 3.85. The summed E-state index contributed by atoms with van der Waals surface area (Å²) in [6, 6.07) is 15.9. The number of nitrogens with zero attached hydrogens (tertiary/aromatic N) is 4. The number of rotatable bonds is 8. The van der Waals surface area contributed by atoms with Gasteiger partial charge in [-0.25, -0.2) is 4.98 Å². The number of fused-ring (bicyclic) bond motifs is 1. The van der Waals surface area contributed by atoms with Crippen molar-refractivity contribution in [3.63, 3.8) is 0 Å². The number of hydrogen-bond acceptors (Lipinski definition) is 3. The molecule has 0 radical (unpaired) electrons. The van der Waals surface area contributed by atoms with Crippen LogP contribution in [0.25, 0.3) is 11.0 Å². The molecule has 0 saturated carbocycles. The molecular weight excluding hydrogens is 424 g/mol. The molecule has 6 nitrogen and oxygen atoms in total. The molecule has 0 aliphatic carbocycles. The van der Waals surface area contributed by atoms with Crippen LogP contribution in [0.2, 0.25) is 0 Å². The molecule has 34 heavy (non-hydrogen) atoms. The lowest BCUT2D eigenvalue weighted by molar-refractivity contribution is -0.132. The highest BCUT2D eigenvalue weighted by Gasteiger charge is 2.35. The molecule has 4 rings (SSSR count). The maximum Gasteiger partial charge on any atom is 0.242 e. The topological polar surface area (TPSA) is 58.4 Å². The van der Waals surface area contributed by atoms with Gasteiger partial charge in [-0.15, -0.1) is 0 Å². The second-order valence-corrected chi connectivity index (χ2v) is 10.3. The molecule has 1 aromatic heterocycles. The van der Waals surface area contributed by atoms with E-state index in [1.54, 1.807) is 0 Å². The summed E-state index contributed by atoms with van der Waals surface area (Å²) in [5, 5.41) is 0. The molecule has 1 saturated heterocycles. The summed E-state index contributed by atoms with van der Waals surface area (Å²) < 4.78 is 2.05. The molecule has 0 N–H and O–H groups in total. The predicted octanol–water partition coefficient (Wildman–Crippen LogP) is 5.01. The Bertz CT molecular complexity index is 1170. The lowest BCUT2D eigenvalue weighted by Gasteiger charge is -2.27. The number of hydrogen-bond donors (Lipinski definition) is 0. The minimum absolute atomic E-state index is 0.0593. The molecule has 3 aromatic rings. The fraction of sp³-hybridized carbons (Fsp3) is 0.464. The van der Waals surface area contributed by atoms with Gasteiger partial charge in [-0.1, -0.05) is 58.0 Å². The highest BCUT2D eigenvalue weighted by molar-refractivity contribution is 5.97. The molecular formula is C28H36N4O2. The first-order valence-electron chi connectivity index (χ1n) is 12.3. The molecule has 180 valence electrons. The van der Waals surface area contributed by atoms with E-state index in [0.29, 0.717) is 24.8 Å². The van der Waals surface area contributed by atoms with Crippen LogP contribution in [0.15, 0.2) is 48.5 Å². The number of amides is 2. The number of carbonyl (C=O) groups is 2. The average molecular weight is 461 g/mol. The van der Waals surface area contributed by atoms with Crippen LogP contribution in [-0.4, -0.2) is 45.9 Å². The zero-order valence-corrected chi connectivity index (χ0v) is 21.0. The molecule has 2 amide bonds. The van der Waals surface area contributed by atoms with Crippen LogP contribution in [0.5, 0.6) is 0 Å². The van der Waals surface area contributed by atoms with Crippen LogP contribution in [0.1, 0.15) is 51.4 Å². The highest BCUT2D eigenvalue weighted by atomic mass is 16.2. The van der Waals surface area contributed by atoms with Gasteiger partial charge in [-0.2, -0.15) is 0 Å². The van der Waals surface area contributed by atoms with Gasteiger partial charge in [0.05, 0.1) is 11.0 Å². The van der Waals surface area contributed by atoms with Crippen molar-refractivity contribution in [3.8, 4) is 0 Å². The Hall–Kier alpha value is -3.15. The van der Waals surface area contributed by atoms with Crippen LogP contribution in [-0.2, 0) is 16.1 Å².